The number of hydrogen-bond acceptors (Lipinski definition) is 1. The first-order valence-corrected chi connectivity index (χ1v) is 10.4. The second kappa shape index (κ2) is 5.87. The summed E-state index contributed by atoms with van der Waals surface area (Å²) < 4.78 is 29.2. The number of hydrogen-bond donors (Lipinski definition) is 0. The van der Waals surface area contributed by atoms with Gasteiger partial charge in [0.05, 0.1) is 0 Å². The van der Waals surface area contributed by atoms with Gasteiger partial charge in [0, 0.05) is 4.50 Å². The van der Waals surface area contributed by atoms with Gasteiger partial charge in [0.2, 0.25) is 0 Å². The molecule has 18 heavy (non-hydrogen) atoms. The lowest BCUT2D eigenvalue weighted by molar-refractivity contribution is 0.515. The van der Waals surface area contributed by atoms with Crippen molar-refractivity contribution in [3.05, 3.63) is 14.5 Å². The van der Waals surface area contributed by atoms with Gasteiger partial charge in [-0.3, -0.25) is 0 Å². The Kier molecular flexibility index (Phi) is 5.40. The molecule has 104 valence electrons. The van der Waals surface area contributed by atoms with Crippen molar-refractivity contribution in [1.82, 2.24) is 0 Å². The molecule has 1 aromatic rings. The van der Waals surface area contributed by atoms with Gasteiger partial charge in [-0.2, -0.15) is 0 Å². The normalized spacial score (nSPS) is 13.1. The average molecular weight is 402 g/mol. The lowest BCUT2D eigenvalue weighted by Crippen LogP contribution is -2.55. The van der Waals surface area contributed by atoms with E-state index in [0.29, 0.717) is 19.5 Å². The van der Waals surface area contributed by atoms with Gasteiger partial charge in [-0.1, -0.05) is 41.5 Å². The minimum Gasteiger partial charge on any atom is -0.203 e. The molecular weight excluding hydrogens is 381 g/mol. The summed E-state index contributed by atoms with van der Waals surface area (Å²) in [5, 5.41) is 0. The van der Waals surface area contributed by atoms with Crippen molar-refractivity contribution in [3.63, 3.8) is 0 Å². The van der Waals surface area contributed by atoms with Crippen LogP contribution in [-0.4, -0.2) is 8.07 Å². The van der Waals surface area contributed by atoms with Crippen molar-refractivity contribution in [1.29, 1.82) is 0 Å². The number of halogens is 3. The van der Waals surface area contributed by atoms with Crippen LogP contribution in [0.2, 0.25) is 16.6 Å². The van der Waals surface area contributed by atoms with E-state index in [2.05, 4.69) is 41.5 Å². The molecule has 0 amide bonds. The molecule has 0 radical (unpaired) electrons. The van der Waals surface area contributed by atoms with Gasteiger partial charge in [0.1, 0.15) is 11.0 Å². The molecular formula is C13H21F2ISSi. The molecule has 0 fully saturated rings. The van der Waals surface area contributed by atoms with Crippen molar-refractivity contribution >= 4 is 46.5 Å². The van der Waals surface area contributed by atoms with E-state index in [-0.39, 0.29) is 0 Å². The van der Waals surface area contributed by atoms with Gasteiger partial charge < -0.3 is 0 Å². The van der Waals surface area contributed by atoms with Crippen LogP contribution in [0.4, 0.5) is 8.78 Å². The highest BCUT2D eigenvalue weighted by Crippen LogP contribution is 2.43. The first-order valence-electron chi connectivity index (χ1n) is 6.31. The van der Waals surface area contributed by atoms with Crippen LogP contribution in [-0.2, 0) is 0 Å². The van der Waals surface area contributed by atoms with Crippen LogP contribution in [0.1, 0.15) is 41.5 Å². The Balaban J connectivity index is 3.57. The molecule has 0 atom stereocenters. The Morgan fingerprint density at radius 3 is 1.50 bits per heavy atom. The lowest BCUT2D eigenvalue weighted by Gasteiger charge is -2.42. The highest BCUT2D eigenvalue weighted by Gasteiger charge is 2.48. The van der Waals surface area contributed by atoms with Crippen molar-refractivity contribution in [2.75, 3.05) is 0 Å². The molecule has 1 heterocycles. The lowest BCUT2D eigenvalue weighted by atomic mass is 10.5. The summed E-state index contributed by atoms with van der Waals surface area (Å²) in [6.07, 6.45) is 0. The Hall–Kier alpha value is 0.507. The molecule has 0 N–H and O–H groups in total. The predicted octanol–water partition coefficient (Wildman–Crippen LogP) is 5.52. The summed E-state index contributed by atoms with van der Waals surface area (Å²) in [5.74, 6) is -1.22. The van der Waals surface area contributed by atoms with Gasteiger partial charge in [-0.25, -0.2) is 8.78 Å². The molecule has 1 rings (SSSR count). The summed E-state index contributed by atoms with van der Waals surface area (Å²) in [7, 11) is -2.06. The molecule has 0 bridgehead atoms. The monoisotopic (exact) mass is 402 g/mol. The van der Waals surface area contributed by atoms with E-state index in [4.69, 9.17) is 0 Å². The molecule has 0 aliphatic heterocycles. The summed E-state index contributed by atoms with van der Waals surface area (Å²) >= 11 is 3.24. The van der Waals surface area contributed by atoms with Crippen LogP contribution in [0.15, 0.2) is 0 Å². The fraction of sp³-hybridized carbons (Fsp3) is 0.692. The molecule has 0 aliphatic rings. The van der Waals surface area contributed by atoms with Gasteiger partial charge in [0.15, 0.2) is 11.6 Å². The summed E-state index contributed by atoms with van der Waals surface area (Å²) in [4.78, 5) is 0. The Morgan fingerprint density at radius 2 is 1.28 bits per heavy atom. The maximum atomic E-state index is 14.3. The molecule has 0 aromatic carbocycles. The molecule has 5 heteroatoms. The average Bonchev–Trinajstić information content (AvgIpc) is 2.46. The standard InChI is InChI=1S/C13H21F2ISSi/c1-7(2)18(8(3)4,9(5)6)13-11(15)10(14)12(16)17-13/h7-9H,1-6H3. The van der Waals surface area contributed by atoms with Crippen LogP contribution in [0.3, 0.4) is 0 Å². The molecule has 0 spiro atoms. The zero-order valence-electron chi connectivity index (χ0n) is 11.8. The summed E-state index contributed by atoms with van der Waals surface area (Å²) in [6.45, 7) is 13.0. The molecule has 0 nitrogen and oxygen atoms in total. The van der Waals surface area contributed by atoms with Crippen molar-refractivity contribution in [2.24, 2.45) is 0 Å². The minimum atomic E-state index is -2.06. The van der Waals surface area contributed by atoms with Crippen molar-refractivity contribution < 1.29 is 8.78 Å². The Labute approximate surface area is 127 Å². The van der Waals surface area contributed by atoms with E-state index >= 15 is 0 Å². The first kappa shape index (κ1) is 16.6. The number of rotatable bonds is 4. The predicted molar refractivity (Wildman–Crippen MR) is 87.6 cm³/mol. The first-order chi connectivity index (χ1) is 8.17. The van der Waals surface area contributed by atoms with Gasteiger partial charge in [-0.05, 0) is 39.2 Å². The quantitative estimate of drug-likeness (QED) is 0.460. The van der Waals surface area contributed by atoms with E-state index in [1.807, 2.05) is 22.6 Å². The Bertz CT molecular complexity index is 405. The maximum absolute atomic E-state index is 14.3. The van der Waals surface area contributed by atoms with Gasteiger partial charge >= 0.3 is 0 Å². The summed E-state index contributed by atoms with van der Waals surface area (Å²) in [5.41, 5.74) is 1.21. The van der Waals surface area contributed by atoms with Crippen LogP contribution < -0.4 is 4.50 Å². The molecule has 1 aromatic heterocycles. The van der Waals surface area contributed by atoms with E-state index in [0.717, 1.165) is 4.50 Å². The van der Waals surface area contributed by atoms with E-state index in [1.54, 1.807) is 0 Å². The SMILES string of the molecule is CC(C)[Si](c1sc(I)c(F)c1F)(C(C)C)C(C)C. The second-order valence-corrected chi connectivity index (χ2v) is 14.8. The van der Waals surface area contributed by atoms with Crippen LogP contribution in [0, 0.1) is 14.5 Å². The molecule has 0 saturated heterocycles. The fourth-order valence-electron chi connectivity index (χ4n) is 3.43. The molecule has 0 aliphatic carbocycles. The van der Waals surface area contributed by atoms with Crippen LogP contribution in [0.5, 0.6) is 0 Å². The smallest absolute Gasteiger partial charge is 0.182 e. The fourth-order valence-corrected chi connectivity index (χ4v) is 14.7. The number of thiophene rings is 1. The van der Waals surface area contributed by atoms with E-state index in [1.165, 1.54) is 11.3 Å². The zero-order chi connectivity index (χ0) is 14.2. The minimum absolute atomic E-state index is 0.404. The highest BCUT2D eigenvalue weighted by atomic mass is 127. The zero-order valence-corrected chi connectivity index (χ0v) is 15.7. The van der Waals surface area contributed by atoms with Crippen LogP contribution >= 0.6 is 33.9 Å². The third kappa shape index (κ3) is 2.42. The van der Waals surface area contributed by atoms with Crippen LogP contribution in [0.25, 0.3) is 0 Å². The van der Waals surface area contributed by atoms with Gasteiger partial charge in [-0.15, -0.1) is 11.3 Å². The second-order valence-electron chi connectivity index (χ2n) is 5.73. The van der Waals surface area contributed by atoms with Crippen molar-refractivity contribution in [2.45, 2.75) is 58.2 Å². The third-order valence-corrected chi connectivity index (χ3v) is 14.0. The van der Waals surface area contributed by atoms with E-state index in [9.17, 15) is 8.78 Å². The van der Waals surface area contributed by atoms with Crippen molar-refractivity contribution in [3.8, 4) is 0 Å². The Morgan fingerprint density at radius 1 is 0.889 bits per heavy atom. The summed E-state index contributed by atoms with van der Waals surface area (Å²) in [6, 6.07) is 0. The molecule has 0 saturated carbocycles. The maximum Gasteiger partial charge on any atom is 0.182 e. The largest absolute Gasteiger partial charge is 0.203 e. The molecule has 0 unspecified atom stereocenters. The third-order valence-electron chi connectivity index (χ3n) is 4.02. The topological polar surface area (TPSA) is 0 Å². The van der Waals surface area contributed by atoms with E-state index < -0.39 is 19.7 Å². The highest BCUT2D eigenvalue weighted by molar-refractivity contribution is 14.1. The van der Waals surface area contributed by atoms with Gasteiger partial charge in [0.25, 0.3) is 0 Å².